The monoisotopic (exact) mass is 510 g/mol. The highest BCUT2D eigenvalue weighted by Gasteiger charge is 2.30. The molecule has 0 aromatic heterocycles. The van der Waals surface area contributed by atoms with Gasteiger partial charge in [-0.05, 0) is 12.0 Å². The normalized spacial score (nSPS) is 14.0. The van der Waals surface area contributed by atoms with Crippen LogP contribution in [0.15, 0.2) is 30.3 Å². The summed E-state index contributed by atoms with van der Waals surface area (Å²) < 4.78 is 0. The van der Waals surface area contributed by atoms with Gasteiger partial charge < -0.3 is 38.3 Å². The van der Waals surface area contributed by atoms with Crippen LogP contribution in [0.3, 0.4) is 0 Å². The van der Waals surface area contributed by atoms with E-state index in [1.54, 1.807) is 30.3 Å². The van der Waals surface area contributed by atoms with Crippen molar-refractivity contribution in [2.24, 2.45) is 17.2 Å². The van der Waals surface area contributed by atoms with Gasteiger partial charge in [0.1, 0.15) is 18.1 Å². The van der Waals surface area contributed by atoms with Crippen LogP contribution in [0.4, 0.5) is 0 Å². The lowest BCUT2D eigenvalue weighted by molar-refractivity contribution is -0.143. The second kappa shape index (κ2) is 14.6. The van der Waals surface area contributed by atoms with Gasteiger partial charge in [0.25, 0.3) is 0 Å². The number of thiol groups is 1. The van der Waals surface area contributed by atoms with E-state index in [4.69, 9.17) is 17.2 Å². The summed E-state index contributed by atoms with van der Waals surface area (Å²) in [5, 5.41) is 16.3. The summed E-state index contributed by atoms with van der Waals surface area (Å²) >= 11 is 4.06. The Hall–Kier alpha value is -3.65. The Balaban J connectivity index is 2.99. The molecule has 1 rings (SSSR count). The number of carboxylic acids is 1. The highest BCUT2D eigenvalue weighted by Crippen LogP contribution is 2.06. The maximum absolute atomic E-state index is 12.9. The first kappa shape index (κ1) is 29.4. The number of aliphatic carboxylic acids is 1. The number of nitrogens with two attached hydrogens (primary N) is 3. The minimum Gasteiger partial charge on any atom is -0.480 e. The summed E-state index contributed by atoms with van der Waals surface area (Å²) in [7, 11) is 0. The second-order valence-electron chi connectivity index (χ2n) is 7.68. The molecule has 13 nitrogen and oxygen atoms in total. The van der Waals surface area contributed by atoms with Crippen LogP contribution >= 0.6 is 12.6 Å². The first-order chi connectivity index (χ1) is 16.4. The van der Waals surface area contributed by atoms with E-state index in [1.807, 2.05) is 0 Å². The molecule has 0 spiro atoms. The Bertz CT molecular complexity index is 930. The quantitative estimate of drug-likeness (QED) is 0.114. The Kier molecular flexibility index (Phi) is 12.2. The van der Waals surface area contributed by atoms with Crippen molar-refractivity contribution in [3.8, 4) is 0 Å². The molecule has 4 unspecified atom stereocenters. The van der Waals surface area contributed by atoms with Gasteiger partial charge in [-0.25, -0.2) is 4.79 Å². The zero-order valence-electron chi connectivity index (χ0n) is 18.8. The molecule has 0 saturated carbocycles. The van der Waals surface area contributed by atoms with E-state index in [1.165, 1.54) is 0 Å². The van der Waals surface area contributed by atoms with Crippen LogP contribution in [0, 0.1) is 0 Å². The first-order valence-corrected chi connectivity index (χ1v) is 11.2. The van der Waals surface area contributed by atoms with Crippen molar-refractivity contribution in [1.82, 2.24) is 16.0 Å². The highest BCUT2D eigenvalue weighted by atomic mass is 32.1. The summed E-state index contributed by atoms with van der Waals surface area (Å²) in [5.41, 5.74) is 16.4. The minimum absolute atomic E-state index is 0.0211. The summed E-state index contributed by atoms with van der Waals surface area (Å²) in [6, 6.07) is 3.40. The van der Waals surface area contributed by atoms with Gasteiger partial charge in [-0.1, -0.05) is 30.3 Å². The largest absolute Gasteiger partial charge is 0.480 e. The summed E-state index contributed by atoms with van der Waals surface area (Å²) in [4.78, 5) is 71.4. The van der Waals surface area contributed by atoms with Crippen LogP contribution in [-0.2, 0) is 35.2 Å². The minimum atomic E-state index is -1.60. The molecule has 0 fully saturated rings. The number of rotatable bonds is 15. The first-order valence-electron chi connectivity index (χ1n) is 10.6. The van der Waals surface area contributed by atoms with Crippen molar-refractivity contribution in [1.29, 1.82) is 0 Å². The van der Waals surface area contributed by atoms with Gasteiger partial charge in [0, 0.05) is 18.6 Å². The Labute approximate surface area is 206 Å². The van der Waals surface area contributed by atoms with Crippen molar-refractivity contribution in [2.75, 3.05) is 5.75 Å². The maximum Gasteiger partial charge on any atom is 0.326 e. The van der Waals surface area contributed by atoms with Crippen molar-refractivity contribution in [3.63, 3.8) is 0 Å². The van der Waals surface area contributed by atoms with Gasteiger partial charge in [-0.3, -0.25) is 24.0 Å². The molecule has 0 aliphatic rings. The van der Waals surface area contributed by atoms with E-state index in [2.05, 4.69) is 28.6 Å². The highest BCUT2D eigenvalue weighted by molar-refractivity contribution is 7.80. The van der Waals surface area contributed by atoms with Gasteiger partial charge >= 0.3 is 5.97 Å². The zero-order valence-corrected chi connectivity index (χ0v) is 19.7. The molecule has 1 aromatic rings. The van der Waals surface area contributed by atoms with Gasteiger partial charge in [-0.2, -0.15) is 12.6 Å². The number of carbonyl (C=O) groups excluding carboxylic acids is 5. The molecule has 0 aliphatic heterocycles. The van der Waals surface area contributed by atoms with Crippen molar-refractivity contribution >= 4 is 48.1 Å². The van der Waals surface area contributed by atoms with Crippen LogP contribution in [0.1, 0.15) is 24.8 Å². The van der Waals surface area contributed by atoms with Gasteiger partial charge in [0.2, 0.25) is 29.5 Å². The van der Waals surface area contributed by atoms with E-state index < -0.39 is 66.1 Å². The molecular formula is C21H30N6O7S. The SMILES string of the molecule is NC(=O)CCC(N)C(=O)NC(CS)C(=O)NC(Cc1ccccc1)C(=O)NC(CC(N)=O)C(=O)O. The number of hydrogen-bond donors (Lipinski definition) is 8. The predicted molar refractivity (Wildman–Crippen MR) is 128 cm³/mol. The molecule has 10 N–H and O–H groups in total. The molecule has 0 radical (unpaired) electrons. The van der Waals surface area contributed by atoms with Crippen LogP contribution in [0.2, 0.25) is 0 Å². The summed E-state index contributed by atoms with van der Waals surface area (Å²) in [6.45, 7) is 0. The number of amides is 5. The van der Waals surface area contributed by atoms with Crippen LogP contribution in [-0.4, -0.2) is 70.5 Å². The Morgan fingerprint density at radius 3 is 1.89 bits per heavy atom. The molecule has 1 aromatic carbocycles. The third-order valence-corrected chi connectivity index (χ3v) is 5.15. The average molecular weight is 511 g/mol. The average Bonchev–Trinajstić information content (AvgIpc) is 2.79. The Morgan fingerprint density at radius 2 is 1.37 bits per heavy atom. The molecule has 0 heterocycles. The number of nitrogens with one attached hydrogen (secondary N) is 3. The molecule has 4 atom stereocenters. The van der Waals surface area contributed by atoms with Gasteiger partial charge in [0.15, 0.2) is 0 Å². The molecule has 14 heteroatoms. The molecule has 5 amide bonds. The maximum atomic E-state index is 12.9. The lowest BCUT2D eigenvalue weighted by Crippen LogP contribution is -2.58. The lowest BCUT2D eigenvalue weighted by atomic mass is 10.0. The zero-order chi connectivity index (χ0) is 26.5. The molecule has 0 saturated heterocycles. The second-order valence-corrected chi connectivity index (χ2v) is 8.04. The van der Waals surface area contributed by atoms with Crippen molar-refractivity contribution < 1.29 is 33.9 Å². The lowest BCUT2D eigenvalue weighted by Gasteiger charge is -2.24. The third-order valence-electron chi connectivity index (χ3n) is 4.79. The summed E-state index contributed by atoms with van der Waals surface area (Å²) in [5.74, 6) is -5.59. The molecule has 35 heavy (non-hydrogen) atoms. The summed E-state index contributed by atoms with van der Waals surface area (Å²) in [6.07, 6.45) is -0.822. The number of benzene rings is 1. The van der Waals surface area contributed by atoms with Gasteiger partial charge in [0.05, 0.1) is 12.5 Å². The fraction of sp³-hybridized carbons (Fsp3) is 0.429. The standard InChI is InChI=1S/C21H30N6O7S/c22-12(6-7-16(23)28)18(30)27-15(10-35)20(32)25-13(8-11-4-2-1-3-5-11)19(31)26-14(21(33)34)9-17(24)29/h1-5,12-15,35H,6-10,22H2,(H2,23,28)(H2,24,29)(H,25,32)(H,26,31)(H,27,30)(H,33,34). The third kappa shape index (κ3) is 10.9. The number of hydrogen-bond acceptors (Lipinski definition) is 8. The topological polar surface area (TPSA) is 237 Å². The van der Waals surface area contributed by atoms with Crippen LogP contribution in [0.5, 0.6) is 0 Å². The predicted octanol–water partition coefficient (Wildman–Crippen LogP) is -2.83. The van der Waals surface area contributed by atoms with E-state index >= 15 is 0 Å². The molecule has 0 bridgehead atoms. The Morgan fingerprint density at radius 1 is 0.829 bits per heavy atom. The van der Waals surface area contributed by atoms with E-state index in [0.717, 1.165) is 0 Å². The fourth-order valence-electron chi connectivity index (χ4n) is 2.91. The van der Waals surface area contributed by atoms with E-state index in [9.17, 15) is 33.9 Å². The number of primary amides is 2. The number of carboxylic acid groups (broad SMARTS) is 1. The fourth-order valence-corrected chi connectivity index (χ4v) is 3.16. The van der Waals surface area contributed by atoms with Gasteiger partial charge in [-0.15, -0.1) is 0 Å². The van der Waals surface area contributed by atoms with Crippen molar-refractivity contribution in [2.45, 2.75) is 49.9 Å². The van der Waals surface area contributed by atoms with Crippen LogP contribution < -0.4 is 33.2 Å². The van der Waals surface area contributed by atoms with E-state index in [0.29, 0.717) is 5.56 Å². The molecule has 192 valence electrons. The van der Waals surface area contributed by atoms with Crippen molar-refractivity contribution in [3.05, 3.63) is 35.9 Å². The number of carbonyl (C=O) groups is 6. The molecular weight excluding hydrogens is 480 g/mol. The molecule has 0 aliphatic carbocycles. The van der Waals surface area contributed by atoms with E-state index in [-0.39, 0.29) is 25.0 Å². The van der Waals surface area contributed by atoms with Crippen LogP contribution in [0.25, 0.3) is 0 Å². The smallest absolute Gasteiger partial charge is 0.326 e.